The molecule has 0 saturated heterocycles. The Morgan fingerprint density at radius 2 is 1.13 bits per heavy atom. The molecule has 2 aromatic rings. The highest BCUT2D eigenvalue weighted by atomic mass is 32.1. The highest BCUT2D eigenvalue weighted by Crippen LogP contribution is 2.39. The second-order valence-corrected chi connectivity index (χ2v) is 7.36. The highest BCUT2D eigenvalue weighted by molar-refractivity contribution is 7.83. The molecule has 2 aromatic carbocycles. The fourth-order valence-corrected chi connectivity index (χ4v) is 3.94. The van der Waals surface area contributed by atoms with Gasteiger partial charge in [-0.3, -0.25) is 4.90 Å². The molecule has 1 aliphatic heterocycles. The summed E-state index contributed by atoms with van der Waals surface area (Å²) in [5.74, 6) is 0.830. The maximum absolute atomic E-state index is 5.79. The maximum atomic E-state index is 5.79. The molecule has 0 aromatic heterocycles. The van der Waals surface area contributed by atoms with Crippen LogP contribution in [0.1, 0.15) is 61.8 Å². The lowest BCUT2D eigenvalue weighted by molar-refractivity contribution is 0.835. The zero-order valence-corrected chi connectivity index (χ0v) is 15.6. The summed E-state index contributed by atoms with van der Waals surface area (Å²) in [6, 6.07) is 14.7. The van der Waals surface area contributed by atoms with Crippen LogP contribution in [0, 0.1) is 0 Å². The first kappa shape index (κ1) is 16.3. The quantitative estimate of drug-likeness (QED) is 0.650. The van der Waals surface area contributed by atoms with Gasteiger partial charge in [-0.25, -0.2) is 0 Å². The summed E-state index contributed by atoms with van der Waals surface area (Å²) in [7, 11) is 0. The van der Waals surface area contributed by atoms with Gasteiger partial charge in [0.2, 0.25) is 0 Å². The molecule has 1 aliphatic rings. The van der Waals surface area contributed by atoms with Crippen molar-refractivity contribution in [2.45, 2.75) is 39.5 Å². The Balaban J connectivity index is 2.24. The van der Waals surface area contributed by atoms with E-state index < -0.39 is 0 Å². The Morgan fingerprint density at radius 1 is 0.696 bits per heavy atom. The van der Waals surface area contributed by atoms with Crippen LogP contribution in [0.4, 0.5) is 5.69 Å². The van der Waals surface area contributed by atoms with Gasteiger partial charge in [-0.15, -0.1) is 0 Å². The van der Waals surface area contributed by atoms with Crippen LogP contribution in [-0.4, -0.2) is 9.98 Å². The van der Waals surface area contributed by atoms with Crippen LogP contribution in [0.5, 0.6) is 0 Å². The van der Waals surface area contributed by atoms with Gasteiger partial charge >= 0.3 is 0 Å². The predicted molar refractivity (Wildman–Crippen MR) is 107 cm³/mol. The summed E-state index contributed by atoms with van der Waals surface area (Å²) >= 11 is 11.6. The van der Waals surface area contributed by atoms with E-state index in [1.54, 1.807) is 0 Å². The molecule has 0 bridgehead atoms. The van der Waals surface area contributed by atoms with E-state index in [2.05, 4.69) is 62.9 Å². The van der Waals surface area contributed by atoms with Crippen LogP contribution in [0.2, 0.25) is 0 Å². The van der Waals surface area contributed by atoms with Gasteiger partial charge in [-0.05, 0) is 23.0 Å². The zero-order chi connectivity index (χ0) is 16.7. The largest absolute Gasteiger partial charge is 0.290 e. The molecule has 0 radical (unpaired) electrons. The first-order chi connectivity index (χ1) is 10.9. The van der Waals surface area contributed by atoms with Crippen molar-refractivity contribution in [3.8, 4) is 0 Å². The number of thiocarbonyl (C=S) groups is 2. The number of benzene rings is 2. The van der Waals surface area contributed by atoms with Crippen molar-refractivity contribution in [1.29, 1.82) is 0 Å². The topological polar surface area (TPSA) is 3.24 Å². The van der Waals surface area contributed by atoms with Crippen molar-refractivity contribution >= 4 is 40.1 Å². The van der Waals surface area contributed by atoms with Crippen LogP contribution in [-0.2, 0) is 0 Å². The molecule has 118 valence electrons. The minimum atomic E-state index is 0.415. The first-order valence-electron chi connectivity index (χ1n) is 8.04. The lowest BCUT2D eigenvalue weighted by Gasteiger charge is -2.28. The van der Waals surface area contributed by atoms with E-state index in [4.69, 9.17) is 24.4 Å². The second-order valence-electron chi connectivity index (χ2n) is 6.59. The number of nitrogens with zero attached hydrogens (tertiary/aromatic N) is 1. The smallest absolute Gasteiger partial charge is 0.119 e. The summed E-state index contributed by atoms with van der Waals surface area (Å²) in [5, 5.41) is 0. The van der Waals surface area contributed by atoms with Crippen LogP contribution < -0.4 is 4.90 Å². The van der Waals surface area contributed by atoms with Crippen molar-refractivity contribution in [1.82, 2.24) is 0 Å². The molecule has 0 fully saturated rings. The van der Waals surface area contributed by atoms with Gasteiger partial charge in [0.05, 0.1) is 5.69 Å². The third kappa shape index (κ3) is 2.62. The van der Waals surface area contributed by atoms with E-state index in [-0.39, 0.29) is 0 Å². The molecule has 23 heavy (non-hydrogen) atoms. The Bertz CT molecular complexity index is 729. The van der Waals surface area contributed by atoms with E-state index >= 15 is 0 Å². The van der Waals surface area contributed by atoms with E-state index in [0.717, 1.165) is 21.1 Å². The fraction of sp³-hybridized carbons (Fsp3) is 0.300. The molecule has 3 heteroatoms. The average Bonchev–Trinajstić information content (AvgIpc) is 2.78. The van der Waals surface area contributed by atoms with Gasteiger partial charge in [0.25, 0.3) is 0 Å². The van der Waals surface area contributed by atoms with Crippen molar-refractivity contribution in [2.24, 2.45) is 0 Å². The van der Waals surface area contributed by atoms with Gasteiger partial charge in [0.1, 0.15) is 9.98 Å². The third-order valence-electron chi connectivity index (χ3n) is 4.36. The Hall–Kier alpha value is -1.58. The fourth-order valence-electron chi connectivity index (χ4n) is 3.16. The zero-order valence-electron chi connectivity index (χ0n) is 14.0. The Kier molecular flexibility index (Phi) is 4.35. The third-order valence-corrected chi connectivity index (χ3v) is 5.17. The lowest BCUT2D eigenvalue weighted by atomic mass is 9.92. The molecule has 0 amide bonds. The van der Waals surface area contributed by atoms with Crippen LogP contribution in [0.25, 0.3) is 0 Å². The molecule has 3 rings (SSSR count). The van der Waals surface area contributed by atoms with Crippen molar-refractivity contribution < 1.29 is 0 Å². The number of para-hydroxylation sites is 1. The van der Waals surface area contributed by atoms with Crippen molar-refractivity contribution in [3.63, 3.8) is 0 Å². The number of anilines is 1. The molecular weight excluding hydrogens is 318 g/mol. The highest BCUT2D eigenvalue weighted by Gasteiger charge is 2.33. The molecule has 1 heterocycles. The van der Waals surface area contributed by atoms with E-state index in [9.17, 15) is 0 Å². The standard InChI is InChI=1S/C20H21NS2/c1-12(2)14-10-7-11-15(13(3)4)18(14)21-19(22)16-8-5-6-9-17(16)20(21)23/h5-13H,1-4H3. The van der Waals surface area contributed by atoms with E-state index in [1.165, 1.54) is 16.8 Å². The SMILES string of the molecule is CC(C)c1cccc(C(C)C)c1N1C(=S)c2ccccc2C1=S. The van der Waals surface area contributed by atoms with Crippen LogP contribution in [0.3, 0.4) is 0 Å². The molecule has 0 saturated carbocycles. The van der Waals surface area contributed by atoms with Crippen LogP contribution >= 0.6 is 24.4 Å². The normalized spacial score (nSPS) is 14.1. The number of fused-ring (bicyclic) bond motifs is 1. The van der Waals surface area contributed by atoms with Crippen molar-refractivity contribution in [2.75, 3.05) is 4.90 Å². The van der Waals surface area contributed by atoms with E-state index in [0.29, 0.717) is 11.8 Å². The predicted octanol–water partition coefficient (Wildman–Crippen LogP) is 5.80. The monoisotopic (exact) mass is 339 g/mol. The molecule has 0 N–H and O–H groups in total. The number of hydrogen-bond donors (Lipinski definition) is 0. The second kappa shape index (κ2) is 6.14. The van der Waals surface area contributed by atoms with Gasteiger partial charge in [0, 0.05) is 11.1 Å². The van der Waals surface area contributed by atoms with Gasteiger partial charge in [-0.2, -0.15) is 0 Å². The lowest BCUT2D eigenvalue weighted by Crippen LogP contribution is -2.30. The average molecular weight is 340 g/mol. The van der Waals surface area contributed by atoms with E-state index in [1.807, 2.05) is 12.1 Å². The molecule has 0 aliphatic carbocycles. The minimum absolute atomic E-state index is 0.415. The summed E-state index contributed by atoms with van der Waals surface area (Å²) in [6.07, 6.45) is 0. The van der Waals surface area contributed by atoms with Gasteiger partial charge in [-0.1, -0.05) is 94.6 Å². The summed E-state index contributed by atoms with van der Waals surface area (Å²) in [4.78, 5) is 3.75. The Labute approximate surface area is 149 Å². The van der Waals surface area contributed by atoms with Gasteiger partial charge < -0.3 is 0 Å². The van der Waals surface area contributed by atoms with Crippen LogP contribution in [0.15, 0.2) is 42.5 Å². The summed E-state index contributed by atoms with van der Waals surface area (Å²) in [6.45, 7) is 8.88. The first-order valence-corrected chi connectivity index (χ1v) is 8.85. The molecule has 0 atom stereocenters. The molecule has 0 spiro atoms. The minimum Gasteiger partial charge on any atom is -0.290 e. The summed E-state index contributed by atoms with van der Waals surface area (Å²) < 4.78 is 0. The van der Waals surface area contributed by atoms with Gasteiger partial charge in [0.15, 0.2) is 0 Å². The maximum Gasteiger partial charge on any atom is 0.119 e. The summed E-state index contributed by atoms with van der Waals surface area (Å²) in [5.41, 5.74) is 5.92. The molecule has 1 nitrogen and oxygen atoms in total. The Morgan fingerprint density at radius 3 is 1.52 bits per heavy atom. The molecular formula is C20H21NS2. The number of rotatable bonds is 3. The van der Waals surface area contributed by atoms with Crippen molar-refractivity contribution in [3.05, 3.63) is 64.7 Å². The number of hydrogen-bond acceptors (Lipinski definition) is 2. The molecule has 0 unspecified atom stereocenters.